The molecule has 0 radical (unpaired) electrons. The van der Waals surface area contributed by atoms with Crippen LogP contribution in [0.3, 0.4) is 0 Å². The summed E-state index contributed by atoms with van der Waals surface area (Å²) in [5, 5.41) is 10.9. The highest BCUT2D eigenvalue weighted by atomic mass is 16.1. The molecule has 0 aliphatic carbocycles. The molecule has 0 unspecified atom stereocenters. The molecule has 6 heteroatoms. The maximum absolute atomic E-state index is 12.4. The average Bonchev–Trinajstić information content (AvgIpc) is 3.14. The maximum atomic E-state index is 12.4. The summed E-state index contributed by atoms with van der Waals surface area (Å²) >= 11 is 0. The van der Waals surface area contributed by atoms with Gasteiger partial charge in [0.2, 0.25) is 0 Å². The van der Waals surface area contributed by atoms with Gasteiger partial charge >= 0.3 is 0 Å². The summed E-state index contributed by atoms with van der Waals surface area (Å²) in [6, 6.07) is 9.27. The second kappa shape index (κ2) is 4.70. The van der Waals surface area contributed by atoms with E-state index in [1.54, 1.807) is 24.7 Å². The number of rotatable bonds is 2. The zero-order valence-electron chi connectivity index (χ0n) is 11.8. The molecule has 2 aromatic carbocycles. The monoisotopic (exact) mass is 291 g/mol. The fourth-order valence-electron chi connectivity index (χ4n) is 2.51. The molecule has 0 atom stereocenters. The molecule has 22 heavy (non-hydrogen) atoms. The number of amides is 1. The quantitative estimate of drug-likeness (QED) is 0.530. The molecule has 0 saturated heterocycles. The number of nitrogens with zero attached hydrogens (tertiary/aromatic N) is 2. The van der Waals surface area contributed by atoms with Gasteiger partial charge in [0, 0.05) is 16.6 Å². The predicted octanol–water partition coefficient (Wildman–Crippen LogP) is 3.00. The van der Waals surface area contributed by atoms with Gasteiger partial charge in [-0.1, -0.05) is 0 Å². The largest absolute Gasteiger partial charge is 0.345 e. The highest BCUT2D eigenvalue weighted by molar-refractivity contribution is 6.07. The van der Waals surface area contributed by atoms with Crippen LogP contribution in [-0.4, -0.2) is 26.1 Å². The van der Waals surface area contributed by atoms with Crippen molar-refractivity contribution in [1.29, 1.82) is 0 Å². The summed E-state index contributed by atoms with van der Waals surface area (Å²) in [7, 11) is 0. The number of anilines is 1. The van der Waals surface area contributed by atoms with E-state index in [2.05, 4.69) is 25.5 Å². The molecule has 2 aromatic heterocycles. The van der Waals surface area contributed by atoms with Crippen molar-refractivity contribution in [2.75, 3.05) is 5.32 Å². The number of aromatic nitrogens is 4. The fraction of sp³-hybridized carbons (Fsp3) is 0.0625. The Hall–Kier alpha value is -3.15. The Labute approximate surface area is 125 Å². The number of benzene rings is 2. The summed E-state index contributed by atoms with van der Waals surface area (Å²) in [6.45, 7) is 1.96. The van der Waals surface area contributed by atoms with E-state index in [0.717, 1.165) is 33.2 Å². The molecule has 0 aliphatic heterocycles. The molecular formula is C16H13N5O. The molecule has 0 fully saturated rings. The van der Waals surface area contributed by atoms with Crippen molar-refractivity contribution in [2.45, 2.75) is 6.92 Å². The summed E-state index contributed by atoms with van der Waals surface area (Å²) in [5.74, 6) is -0.154. The molecule has 108 valence electrons. The van der Waals surface area contributed by atoms with E-state index >= 15 is 0 Å². The van der Waals surface area contributed by atoms with Crippen molar-refractivity contribution in [3.63, 3.8) is 0 Å². The number of imidazole rings is 1. The Kier molecular flexibility index (Phi) is 2.69. The van der Waals surface area contributed by atoms with E-state index in [-0.39, 0.29) is 5.91 Å². The third kappa shape index (κ3) is 2.01. The van der Waals surface area contributed by atoms with Gasteiger partial charge in [-0.2, -0.15) is 5.10 Å². The van der Waals surface area contributed by atoms with Crippen LogP contribution in [0.25, 0.3) is 21.9 Å². The number of aromatic amines is 2. The van der Waals surface area contributed by atoms with Crippen molar-refractivity contribution in [2.24, 2.45) is 0 Å². The Balaban J connectivity index is 1.68. The van der Waals surface area contributed by atoms with Crippen LogP contribution in [0.5, 0.6) is 0 Å². The van der Waals surface area contributed by atoms with Gasteiger partial charge in [0.25, 0.3) is 5.91 Å². The molecule has 2 heterocycles. The number of fused-ring (bicyclic) bond motifs is 2. The molecule has 1 amide bonds. The standard InChI is InChI=1S/C16H13N5O/c1-9-4-11-7-19-21-14(11)6-13(9)20-16(22)10-2-3-12-15(5-10)18-8-17-12/h2-8H,1H3,(H,17,18)(H,19,21)(H,20,22). The van der Waals surface area contributed by atoms with Crippen LogP contribution >= 0.6 is 0 Å². The Bertz CT molecular complexity index is 998. The summed E-state index contributed by atoms with van der Waals surface area (Å²) in [4.78, 5) is 19.6. The first-order valence-electron chi connectivity index (χ1n) is 6.89. The van der Waals surface area contributed by atoms with Crippen LogP contribution in [0.2, 0.25) is 0 Å². The van der Waals surface area contributed by atoms with Crippen LogP contribution < -0.4 is 5.32 Å². The van der Waals surface area contributed by atoms with Crippen LogP contribution in [0.15, 0.2) is 42.9 Å². The number of H-pyrrole nitrogens is 2. The number of carbonyl (C=O) groups is 1. The lowest BCUT2D eigenvalue weighted by atomic mass is 10.1. The summed E-state index contributed by atoms with van der Waals surface area (Å²) in [5.41, 5.74) is 4.92. The van der Waals surface area contributed by atoms with Gasteiger partial charge in [0.15, 0.2) is 0 Å². The topological polar surface area (TPSA) is 86.5 Å². The first kappa shape index (κ1) is 12.6. The average molecular weight is 291 g/mol. The minimum atomic E-state index is -0.154. The highest BCUT2D eigenvalue weighted by Gasteiger charge is 2.10. The smallest absolute Gasteiger partial charge is 0.255 e. The van der Waals surface area contributed by atoms with E-state index < -0.39 is 0 Å². The van der Waals surface area contributed by atoms with E-state index in [0.29, 0.717) is 5.56 Å². The fourth-order valence-corrected chi connectivity index (χ4v) is 2.51. The van der Waals surface area contributed by atoms with Crippen LogP contribution in [0.4, 0.5) is 5.69 Å². The Morgan fingerprint density at radius 2 is 2.09 bits per heavy atom. The number of hydrogen-bond acceptors (Lipinski definition) is 3. The van der Waals surface area contributed by atoms with Crippen LogP contribution in [0, 0.1) is 6.92 Å². The van der Waals surface area contributed by atoms with Gasteiger partial charge in [-0.3, -0.25) is 9.89 Å². The first-order chi connectivity index (χ1) is 10.7. The Morgan fingerprint density at radius 3 is 3.00 bits per heavy atom. The number of hydrogen-bond donors (Lipinski definition) is 3. The van der Waals surface area contributed by atoms with Crippen LogP contribution in [-0.2, 0) is 0 Å². The third-order valence-corrected chi connectivity index (χ3v) is 3.72. The van der Waals surface area contributed by atoms with Gasteiger partial charge in [-0.05, 0) is 42.8 Å². The number of carbonyl (C=O) groups excluding carboxylic acids is 1. The molecule has 0 spiro atoms. The highest BCUT2D eigenvalue weighted by Crippen LogP contribution is 2.22. The van der Waals surface area contributed by atoms with Gasteiger partial charge in [-0.15, -0.1) is 0 Å². The molecule has 3 N–H and O–H groups in total. The van der Waals surface area contributed by atoms with E-state index in [4.69, 9.17) is 0 Å². The van der Waals surface area contributed by atoms with Crippen LogP contribution in [0.1, 0.15) is 15.9 Å². The van der Waals surface area contributed by atoms with Gasteiger partial charge in [-0.25, -0.2) is 4.98 Å². The lowest BCUT2D eigenvalue weighted by Crippen LogP contribution is -2.12. The van der Waals surface area contributed by atoms with Gasteiger partial charge in [0.05, 0.1) is 29.1 Å². The molecule has 0 bridgehead atoms. The summed E-state index contributed by atoms with van der Waals surface area (Å²) < 4.78 is 0. The molecule has 4 aromatic rings. The van der Waals surface area contributed by atoms with E-state index in [9.17, 15) is 4.79 Å². The van der Waals surface area contributed by atoms with E-state index in [1.807, 2.05) is 25.1 Å². The minimum absolute atomic E-state index is 0.154. The lowest BCUT2D eigenvalue weighted by Gasteiger charge is -2.08. The second-order valence-electron chi connectivity index (χ2n) is 5.21. The molecular weight excluding hydrogens is 278 g/mol. The van der Waals surface area contributed by atoms with Crippen molar-refractivity contribution in [3.8, 4) is 0 Å². The van der Waals surface area contributed by atoms with E-state index in [1.165, 1.54) is 0 Å². The Morgan fingerprint density at radius 1 is 1.18 bits per heavy atom. The second-order valence-corrected chi connectivity index (χ2v) is 5.21. The third-order valence-electron chi connectivity index (χ3n) is 3.72. The molecule has 4 rings (SSSR count). The zero-order valence-corrected chi connectivity index (χ0v) is 11.8. The van der Waals surface area contributed by atoms with Crippen molar-refractivity contribution >= 4 is 33.5 Å². The van der Waals surface area contributed by atoms with Gasteiger partial charge in [0.1, 0.15) is 0 Å². The van der Waals surface area contributed by atoms with Crippen molar-refractivity contribution in [1.82, 2.24) is 20.2 Å². The molecule has 6 nitrogen and oxygen atoms in total. The molecule has 0 saturated carbocycles. The molecule has 0 aliphatic rings. The predicted molar refractivity (Wildman–Crippen MR) is 84.9 cm³/mol. The van der Waals surface area contributed by atoms with Gasteiger partial charge < -0.3 is 10.3 Å². The number of nitrogens with one attached hydrogen (secondary N) is 3. The first-order valence-corrected chi connectivity index (χ1v) is 6.89. The number of aryl methyl sites for hydroxylation is 1. The lowest BCUT2D eigenvalue weighted by molar-refractivity contribution is 0.102. The zero-order chi connectivity index (χ0) is 15.1. The summed E-state index contributed by atoms with van der Waals surface area (Å²) in [6.07, 6.45) is 3.38. The normalized spacial score (nSPS) is 11.1. The maximum Gasteiger partial charge on any atom is 0.255 e. The van der Waals surface area contributed by atoms with Crippen molar-refractivity contribution < 1.29 is 4.79 Å². The minimum Gasteiger partial charge on any atom is -0.345 e. The van der Waals surface area contributed by atoms with Crippen molar-refractivity contribution in [3.05, 3.63) is 54.0 Å². The SMILES string of the molecule is Cc1cc2cn[nH]c2cc1NC(=O)c1ccc2nc[nH]c2c1.